The van der Waals surface area contributed by atoms with Gasteiger partial charge in [0, 0.05) is 0 Å². The number of nitrogens with one attached hydrogen (secondary N) is 1. The average molecular weight is 291 g/mol. The van der Waals surface area contributed by atoms with E-state index >= 15 is 0 Å². The molecule has 1 aliphatic heterocycles. The smallest absolute Gasteiger partial charge is 0.186 e. The van der Waals surface area contributed by atoms with Crippen molar-refractivity contribution in [3.63, 3.8) is 0 Å². The summed E-state index contributed by atoms with van der Waals surface area (Å²) < 4.78 is 1.82. The lowest BCUT2D eigenvalue weighted by atomic mass is 10.1. The van der Waals surface area contributed by atoms with Crippen LogP contribution in [0.1, 0.15) is 17.6 Å². The summed E-state index contributed by atoms with van der Waals surface area (Å²) in [6.07, 6.45) is 5.68. The molecule has 1 atom stereocenters. The molecule has 2 aromatic rings. The Morgan fingerprint density at radius 3 is 2.95 bits per heavy atom. The molecule has 0 radical (unpaired) electrons. The van der Waals surface area contributed by atoms with Crippen LogP contribution in [0, 0.1) is 0 Å². The van der Waals surface area contributed by atoms with E-state index in [9.17, 15) is 9.90 Å². The fourth-order valence-electron chi connectivity index (χ4n) is 1.88. The number of Topliss-reactive ketones (excluding diaryl/α,β-unsaturated/α-hetero) is 1. The van der Waals surface area contributed by atoms with E-state index in [0.717, 1.165) is 5.69 Å². The van der Waals surface area contributed by atoms with E-state index in [4.69, 9.17) is 0 Å². The number of nitrogens with zero attached hydrogens (tertiary/aromatic N) is 4. The third-order valence-electron chi connectivity index (χ3n) is 2.85. The fourth-order valence-corrected chi connectivity index (χ4v) is 3.40. The largest absolute Gasteiger partial charge is 0.377 e. The number of aromatic nitrogens is 5. The molecule has 3 rings (SSSR count). The van der Waals surface area contributed by atoms with E-state index < -0.39 is 17.2 Å². The van der Waals surface area contributed by atoms with Gasteiger partial charge in [-0.05, 0) is 16.9 Å². The second-order valence-corrected chi connectivity index (χ2v) is 5.91. The van der Waals surface area contributed by atoms with E-state index in [2.05, 4.69) is 20.3 Å². The summed E-state index contributed by atoms with van der Waals surface area (Å²) >= 11 is -0.646. The quantitative estimate of drug-likeness (QED) is 0.703. The van der Waals surface area contributed by atoms with E-state index in [1.54, 1.807) is 12.3 Å². The Bertz CT molecular complexity index is 649. The number of thiol groups is 1. The van der Waals surface area contributed by atoms with Gasteiger partial charge < -0.3 is 5.11 Å². The average Bonchev–Trinajstić information content (AvgIpc) is 3.19. The van der Waals surface area contributed by atoms with Crippen LogP contribution >= 0.6 is 11.1 Å². The topological polar surface area (TPSA) is 96.7 Å². The van der Waals surface area contributed by atoms with Crippen molar-refractivity contribution < 1.29 is 9.90 Å². The van der Waals surface area contributed by atoms with Gasteiger partial charge in [0.15, 0.2) is 17.7 Å². The lowest BCUT2D eigenvalue weighted by Crippen LogP contribution is -2.17. The number of carbonyl (C=O) groups is 1. The molecule has 104 valence electrons. The van der Waals surface area contributed by atoms with Crippen LogP contribution in [0.3, 0.4) is 0 Å². The summed E-state index contributed by atoms with van der Waals surface area (Å²) in [5, 5.41) is 24.4. The summed E-state index contributed by atoms with van der Waals surface area (Å²) in [7, 11) is 0. The van der Waals surface area contributed by atoms with Crippen molar-refractivity contribution in [3.05, 3.63) is 53.1 Å². The molecule has 0 aliphatic carbocycles. The van der Waals surface area contributed by atoms with Crippen LogP contribution in [0.25, 0.3) is 0 Å². The van der Waals surface area contributed by atoms with Gasteiger partial charge in [-0.2, -0.15) is 10.2 Å². The Hall–Kier alpha value is -2.19. The molecule has 0 saturated heterocycles. The molecule has 0 aromatic carbocycles. The number of rotatable bonds is 5. The van der Waals surface area contributed by atoms with Gasteiger partial charge in [-0.1, -0.05) is 12.2 Å². The monoisotopic (exact) mass is 291 g/mol. The first-order valence-corrected chi connectivity index (χ1v) is 7.42. The highest BCUT2D eigenvalue weighted by atomic mass is 32.2. The number of aliphatic hydroxyl groups excluding tert-OH is 1. The molecule has 3 heterocycles. The maximum atomic E-state index is 12.1. The molecule has 2 aromatic heterocycles. The Morgan fingerprint density at radius 1 is 1.45 bits per heavy atom. The maximum Gasteiger partial charge on any atom is 0.186 e. The van der Waals surface area contributed by atoms with E-state index in [0.29, 0.717) is 0 Å². The first-order valence-electron chi connectivity index (χ1n) is 5.98. The molecule has 20 heavy (non-hydrogen) atoms. The normalized spacial score (nSPS) is 16.8. The number of hydrogen-bond donors (Lipinski definition) is 3. The minimum atomic E-state index is -1.31. The highest BCUT2D eigenvalue weighted by Crippen LogP contribution is 2.35. The van der Waals surface area contributed by atoms with E-state index in [-0.39, 0.29) is 18.0 Å². The van der Waals surface area contributed by atoms with Gasteiger partial charge >= 0.3 is 0 Å². The number of H-pyrrole nitrogens is 1. The Kier molecular flexibility index (Phi) is 3.48. The zero-order chi connectivity index (χ0) is 13.9. The number of allylic oxidation sites excluding steroid dienone is 2. The molecular formula is C12H13N5O2S. The highest BCUT2D eigenvalue weighted by molar-refractivity contribution is 8.21. The zero-order valence-corrected chi connectivity index (χ0v) is 11.3. The molecule has 0 bridgehead atoms. The second kappa shape index (κ2) is 5.43. The predicted molar refractivity (Wildman–Crippen MR) is 74.9 cm³/mol. The first-order chi connectivity index (χ1) is 9.75. The summed E-state index contributed by atoms with van der Waals surface area (Å²) in [5.74, 6) is -0.263. The van der Waals surface area contributed by atoms with Crippen LogP contribution in [0.15, 0.2) is 41.6 Å². The third-order valence-corrected chi connectivity index (χ3v) is 4.60. The van der Waals surface area contributed by atoms with Crippen LogP contribution in [0.4, 0.5) is 0 Å². The van der Waals surface area contributed by atoms with Crippen molar-refractivity contribution in [2.75, 3.05) is 0 Å². The van der Waals surface area contributed by atoms with Crippen LogP contribution in [0.5, 0.6) is 0 Å². The highest BCUT2D eigenvalue weighted by Gasteiger charge is 2.22. The molecule has 2 N–H and O–H groups in total. The van der Waals surface area contributed by atoms with Crippen LogP contribution in [-0.4, -0.2) is 35.3 Å². The van der Waals surface area contributed by atoms with Gasteiger partial charge in [-0.15, -0.1) is 11.1 Å². The number of aromatic amines is 1. The fraction of sp³-hybridized carbons (Fsp3) is 0.167. The molecule has 0 spiro atoms. The minimum Gasteiger partial charge on any atom is -0.377 e. The van der Waals surface area contributed by atoms with Crippen LogP contribution < -0.4 is 0 Å². The molecule has 0 saturated carbocycles. The van der Waals surface area contributed by atoms with E-state index in [1.807, 2.05) is 27.1 Å². The molecule has 7 nitrogen and oxygen atoms in total. The molecule has 0 amide bonds. The first kappa shape index (κ1) is 12.8. The van der Waals surface area contributed by atoms with Gasteiger partial charge in [0.2, 0.25) is 0 Å². The van der Waals surface area contributed by atoms with Crippen molar-refractivity contribution in [1.29, 1.82) is 0 Å². The van der Waals surface area contributed by atoms with Gasteiger partial charge in [-0.25, -0.2) is 9.07 Å². The number of carbonyl (C=O) groups excluding carboxylic acids is 1. The predicted octanol–water partition coefficient (Wildman–Crippen LogP) is 0.652. The lowest BCUT2D eigenvalue weighted by molar-refractivity contribution is -0.127. The molecule has 8 heteroatoms. The van der Waals surface area contributed by atoms with Crippen molar-refractivity contribution in [3.8, 4) is 0 Å². The molecule has 1 aliphatic rings. The summed E-state index contributed by atoms with van der Waals surface area (Å²) in [6.45, 7) is 0. The van der Waals surface area contributed by atoms with Gasteiger partial charge in [0.25, 0.3) is 0 Å². The Balaban J connectivity index is 1.75. The third kappa shape index (κ3) is 2.43. The van der Waals surface area contributed by atoms with Crippen molar-refractivity contribution in [2.45, 2.75) is 12.5 Å². The number of hydrogen-bond acceptors (Lipinski definition) is 5. The Labute approximate surface area is 117 Å². The van der Waals surface area contributed by atoms with Gasteiger partial charge in [-0.3, -0.25) is 9.89 Å². The number of ketones is 1. The van der Waals surface area contributed by atoms with Crippen LogP contribution in [0.2, 0.25) is 0 Å². The van der Waals surface area contributed by atoms with Crippen molar-refractivity contribution in [1.82, 2.24) is 24.4 Å². The molecule has 0 fully saturated rings. The number of aliphatic hydroxyl groups is 1. The standard InChI is InChI=1S/C12H13N5O2S/c18-10(11(19)12-13-8-14-16-12)7-9-3-4-15-17(9)20-5-1-2-6-20/h1-6,8,11,19-20H,7H2,(H,13,14,16). The summed E-state index contributed by atoms with van der Waals surface area (Å²) in [6, 6.07) is 1.78. The van der Waals surface area contributed by atoms with Gasteiger partial charge in [0.1, 0.15) is 6.33 Å². The van der Waals surface area contributed by atoms with Crippen LogP contribution in [-0.2, 0) is 11.2 Å². The van der Waals surface area contributed by atoms with Crippen molar-refractivity contribution in [2.24, 2.45) is 0 Å². The summed E-state index contributed by atoms with van der Waals surface area (Å²) in [4.78, 5) is 15.9. The van der Waals surface area contributed by atoms with Crippen molar-refractivity contribution >= 4 is 16.9 Å². The zero-order valence-electron chi connectivity index (χ0n) is 10.4. The SMILES string of the molecule is O=C(Cc1ccnn1[SH]1C=CC=C1)C(O)c1nc[nH]n1. The molecular weight excluding hydrogens is 278 g/mol. The molecule has 1 unspecified atom stereocenters. The minimum absolute atomic E-state index is 0.0902. The maximum absolute atomic E-state index is 12.1. The lowest BCUT2D eigenvalue weighted by Gasteiger charge is -2.15. The summed E-state index contributed by atoms with van der Waals surface area (Å²) in [5.41, 5.74) is 0.770. The Morgan fingerprint density at radius 2 is 2.25 bits per heavy atom. The second-order valence-electron chi connectivity index (χ2n) is 4.18. The van der Waals surface area contributed by atoms with Gasteiger partial charge in [0.05, 0.1) is 18.3 Å². The van der Waals surface area contributed by atoms with E-state index in [1.165, 1.54) is 6.33 Å².